The van der Waals surface area contributed by atoms with Crippen molar-refractivity contribution >= 4 is 11.5 Å². The van der Waals surface area contributed by atoms with Gasteiger partial charge in [0.25, 0.3) is 0 Å². The number of halogens is 1. The Morgan fingerprint density at radius 2 is 2.11 bits per heavy atom. The maximum absolute atomic E-state index is 13.9. The van der Waals surface area contributed by atoms with Gasteiger partial charge in [-0.3, -0.25) is 5.41 Å². The fourth-order valence-corrected chi connectivity index (χ4v) is 2.26. The van der Waals surface area contributed by atoms with E-state index in [2.05, 4.69) is 0 Å². The van der Waals surface area contributed by atoms with Crippen molar-refractivity contribution < 1.29 is 9.13 Å². The zero-order valence-electron chi connectivity index (χ0n) is 10.4. The number of nitrogen functional groups attached to an aromatic ring is 1. The summed E-state index contributed by atoms with van der Waals surface area (Å²) in [5, 5.41) is 7.28. The summed E-state index contributed by atoms with van der Waals surface area (Å²) in [5.41, 5.74) is 6.33. The number of benzene rings is 1. The molecule has 2 rings (SSSR count). The van der Waals surface area contributed by atoms with Crippen molar-refractivity contribution in [1.82, 2.24) is 0 Å². The Morgan fingerprint density at radius 3 is 2.61 bits per heavy atom. The fraction of sp³-hybridized carbons (Fsp3) is 0.462. The van der Waals surface area contributed by atoms with Gasteiger partial charge >= 0.3 is 0 Å². The fourth-order valence-electron chi connectivity index (χ4n) is 2.26. The van der Waals surface area contributed by atoms with E-state index in [1.807, 2.05) is 4.90 Å². The molecule has 0 atom stereocenters. The van der Waals surface area contributed by atoms with Crippen molar-refractivity contribution in [3.8, 4) is 0 Å². The number of hydrogen-bond donors (Lipinski definition) is 2. The molecule has 1 saturated heterocycles. The maximum atomic E-state index is 13.9. The molecule has 5 heteroatoms. The molecule has 4 nitrogen and oxygen atoms in total. The number of anilines is 1. The van der Waals surface area contributed by atoms with Gasteiger partial charge in [0.15, 0.2) is 0 Å². The van der Waals surface area contributed by atoms with Crippen LogP contribution in [0.2, 0.25) is 0 Å². The van der Waals surface area contributed by atoms with Crippen molar-refractivity contribution in [2.24, 2.45) is 5.73 Å². The lowest BCUT2D eigenvalue weighted by Crippen LogP contribution is -2.37. The van der Waals surface area contributed by atoms with E-state index in [1.165, 1.54) is 6.07 Å². The lowest BCUT2D eigenvalue weighted by atomic mass is 10.1. The van der Waals surface area contributed by atoms with Gasteiger partial charge in [-0.2, -0.15) is 0 Å². The minimum absolute atomic E-state index is 0.112. The van der Waals surface area contributed by atoms with Crippen LogP contribution in [-0.4, -0.2) is 32.1 Å². The second-order valence-corrected chi connectivity index (χ2v) is 4.50. The molecule has 3 N–H and O–H groups in total. The van der Waals surface area contributed by atoms with Gasteiger partial charge in [0.05, 0.1) is 11.8 Å². The number of methoxy groups -OCH3 is 1. The second kappa shape index (κ2) is 5.35. The Bertz CT molecular complexity index is 442. The average molecular weight is 251 g/mol. The molecule has 0 saturated carbocycles. The topological polar surface area (TPSA) is 62.3 Å². The first-order valence-electron chi connectivity index (χ1n) is 6.03. The molecular formula is C13H18FN3O. The summed E-state index contributed by atoms with van der Waals surface area (Å²) >= 11 is 0. The minimum atomic E-state index is -0.321. The van der Waals surface area contributed by atoms with Gasteiger partial charge < -0.3 is 15.4 Å². The zero-order chi connectivity index (χ0) is 13.1. The smallest absolute Gasteiger partial charge is 0.147 e. The van der Waals surface area contributed by atoms with Crippen molar-refractivity contribution in [3.63, 3.8) is 0 Å². The predicted molar refractivity (Wildman–Crippen MR) is 69.7 cm³/mol. The zero-order valence-corrected chi connectivity index (χ0v) is 10.4. The highest BCUT2D eigenvalue weighted by Crippen LogP contribution is 2.24. The lowest BCUT2D eigenvalue weighted by molar-refractivity contribution is 0.0818. The van der Waals surface area contributed by atoms with Crippen LogP contribution < -0.4 is 10.6 Å². The van der Waals surface area contributed by atoms with Gasteiger partial charge in [0.1, 0.15) is 11.7 Å². The Kier molecular flexibility index (Phi) is 3.81. The van der Waals surface area contributed by atoms with Crippen LogP contribution in [-0.2, 0) is 4.74 Å². The van der Waals surface area contributed by atoms with Crippen LogP contribution in [0.4, 0.5) is 10.1 Å². The van der Waals surface area contributed by atoms with Crippen LogP contribution in [0.15, 0.2) is 18.2 Å². The molecule has 1 aliphatic heterocycles. The van der Waals surface area contributed by atoms with Gasteiger partial charge in [-0.1, -0.05) is 0 Å². The summed E-state index contributed by atoms with van der Waals surface area (Å²) in [6.45, 7) is 1.57. The highest BCUT2D eigenvalue weighted by atomic mass is 19.1. The maximum Gasteiger partial charge on any atom is 0.147 e. The molecule has 0 bridgehead atoms. The quantitative estimate of drug-likeness (QED) is 0.635. The molecular weight excluding hydrogens is 233 g/mol. The number of nitrogens with one attached hydrogen (secondary N) is 1. The molecule has 0 unspecified atom stereocenters. The summed E-state index contributed by atoms with van der Waals surface area (Å²) in [6.07, 6.45) is 2.09. The van der Waals surface area contributed by atoms with Gasteiger partial charge in [-0.05, 0) is 31.0 Å². The average Bonchev–Trinajstić information content (AvgIpc) is 2.38. The van der Waals surface area contributed by atoms with E-state index in [4.69, 9.17) is 15.9 Å². The van der Waals surface area contributed by atoms with E-state index in [1.54, 1.807) is 19.2 Å². The first-order valence-corrected chi connectivity index (χ1v) is 6.03. The van der Waals surface area contributed by atoms with E-state index in [-0.39, 0.29) is 17.8 Å². The third-order valence-corrected chi connectivity index (χ3v) is 3.37. The van der Waals surface area contributed by atoms with E-state index in [9.17, 15) is 4.39 Å². The van der Waals surface area contributed by atoms with Crippen LogP contribution in [0.3, 0.4) is 0 Å². The van der Waals surface area contributed by atoms with Crippen molar-refractivity contribution in [1.29, 1.82) is 5.41 Å². The van der Waals surface area contributed by atoms with Gasteiger partial charge in [-0.25, -0.2) is 4.39 Å². The van der Waals surface area contributed by atoms with Gasteiger partial charge in [0, 0.05) is 25.8 Å². The standard InChI is InChI=1S/C13H18FN3O/c1-18-10-4-6-17(7-5-10)12-3-2-9(13(15)16)8-11(12)14/h2-3,8,10H,4-7H2,1H3,(H3,15,16). The first-order chi connectivity index (χ1) is 8.61. The molecule has 1 aromatic rings. The Morgan fingerprint density at radius 1 is 1.44 bits per heavy atom. The normalized spacial score (nSPS) is 16.9. The molecule has 1 heterocycles. The summed E-state index contributed by atoms with van der Waals surface area (Å²) in [7, 11) is 1.71. The summed E-state index contributed by atoms with van der Waals surface area (Å²) in [4.78, 5) is 2.01. The van der Waals surface area contributed by atoms with Crippen LogP contribution in [0.25, 0.3) is 0 Å². The largest absolute Gasteiger partial charge is 0.384 e. The Hall–Kier alpha value is -1.62. The van der Waals surface area contributed by atoms with E-state index in [0.29, 0.717) is 11.3 Å². The number of amidine groups is 1. The SMILES string of the molecule is COC1CCN(c2ccc(C(=N)N)cc2F)CC1. The summed E-state index contributed by atoms with van der Waals surface area (Å²) in [5.74, 6) is -0.433. The minimum Gasteiger partial charge on any atom is -0.384 e. The molecule has 0 radical (unpaired) electrons. The molecule has 98 valence electrons. The number of piperidine rings is 1. The summed E-state index contributed by atoms with van der Waals surface area (Å²) < 4.78 is 19.2. The first kappa shape index (κ1) is 12.8. The molecule has 1 fully saturated rings. The summed E-state index contributed by atoms with van der Waals surface area (Å²) in [6, 6.07) is 4.70. The third kappa shape index (κ3) is 2.61. The number of ether oxygens (including phenoxy) is 1. The van der Waals surface area contributed by atoms with Gasteiger partial charge in [-0.15, -0.1) is 0 Å². The monoisotopic (exact) mass is 251 g/mol. The van der Waals surface area contributed by atoms with Gasteiger partial charge in [0.2, 0.25) is 0 Å². The molecule has 0 aliphatic carbocycles. The third-order valence-electron chi connectivity index (χ3n) is 3.37. The highest BCUT2D eigenvalue weighted by Gasteiger charge is 2.21. The molecule has 18 heavy (non-hydrogen) atoms. The molecule has 1 aromatic carbocycles. The number of nitrogens with zero attached hydrogens (tertiary/aromatic N) is 1. The van der Waals surface area contributed by atoms with E-state index in [0.717, 1.165) is 25.9 Å². The van der Waals surface area contributed by atoms with Crippen LogP contribution in [0, 0.1) is 11.2 Å². The van der Waals surface area contributed by atoms with Crippen LogP contribution >= 0.6 is 0 Å². The van der Waals surface area contributed by atoms with Crippen molar-refractivity contribution in [3.05, 3.63) is 29.6 Å². The number of rotatable bonds is 3. The van der Waals surface area contributed by atoms with Crippen molar-refractivity contribution in [2.75, 3.05) is 25.1 Å². The lowest BCUT2D eigenvalue weighted by Gasteiger charge is -2.33. The predicted octanol–water partition coefficient (Wildman–Crippen LogP) is 1.72. The Balaban J connectivity index is 2.12. The number of nitrogens with two attached hydrogens (primary N) is 1. The van der Waals surface area contributed by atoms with Crippen molar-refractivity contribution in [2.45, 2.75) is 18.9 Å². The van der Waals surface area contributed by atoms with E-state index >= 15 is 0 Å². The molecule has 0 spiro atoms. The highest BCUT2D eigenvalue weighted by molar-refractivity contribution is 5.95. The molecule has 0 amide bonds. The number of hydrogen-bond acceptors (Lipinski definition) is 3. The molecule has 0 aromatic heterocycles. The second-order valence-electron chi connectivity index (χ2n) is 4.50. The van der Waals surface area contributed by atoms with Crippen LogP contribution in [0.1, 0.15) is 18.4 Å². The Labute approximate surface area is 106 Å². The molecule has 1 aliphatic rings. The van der Waals surface area contributed by atoms with E-state index < -0.39 is 0 Å². The van der Waals surface area contributed by atoms with Crippen LogP contribution in [0.5, 0.6) is 0 Å².